The molecule has 0 bridgehead atoms. The maximum absolute atomic E-state index is 6.28. The summed E-state index contributed by atoms with van der Waals surface area (Å²) in [5.74, 6) is 1.94. The average Bonchev–Trinajstić information content (AvgIpc) is 3.28. The second kappa shape index (κ2) is 9.29. The lowest BCUT2D eigenvalue weighted by Crippen LogP contribution is -2.03. The molecular formula is C23H19Cl2N3O3. The number of anilines is 1. The molecule has 0 radical (unpaired) electrons. The molecule has 0 aliphatic rings. The van der Waals surface area contributed by atoms with Crippen molar-refractivity contribution in [2.45, 2.75) is 6.54 Å². The van der Waals surface area contributed by atoms with E-state index in [1.165, 1.54) is 0 Å². The molecule has 0 aliphatic carbocycles. The zero-order valence-electron chi connectivity index (χ0n) is 16.9. The van der Waals surface area contributed by atoms with Crippen molar-refractivity contribution in [3.05, 3.63) is 76.3 Å². The van der Waals surface area contributed by atoms with Crippen LogP contribution < -0.4 is 14.8 Å². The summed E-state index contributed by atoms with van der Waals surface area (Å²) < 4.78 is 16.6. The molecule has 1 N–H and O–H groups in total. The van der Waals surface area contributed by atoms with Crippen molar-refractivity contribution in [2.75, 3.05) is 19.5 Å². The summed E-state index contributed by atoms with van der Waals surface area (Å²) in [6.45, 7) is 0.485. The maximum Gasteiger partial charge on any atom is 0.249 e. The van der Waals surface area contributed by atoms with Gasteiger partial charge in [-0.1, -0.05) is 53.5 Å². The number of hydrogen-bond donors (Lipinski definition) is 1. The summed E-state index contributed by atoms with van der Waals surface area (Å²) in [4.78, 5) is 0. The molecule has 0 fully saturated rings. The molecule has 3 aromatic carbocycles. The summed E-state index contributed by atoms with van der Waals surface area (Å²) >= 11 is 12.5. The molecule has 0 atom stereocenters. The van der Waals surface area contributed by atoms with Gasteiger partial charge in [-0.25, -0.2) is 0 Å². The Morgan fingerprint density at radius 2 is 1.45 bits per heavy atom. The number of ether oxygens (including phenoxy) is 2. The highest BCUT2D eigenvalue weighted by atomic mass is 35.5. The van der Waals surface area contributed by atoms with E-state index >= 15 is 0 Å². The van der Waals surface area contributed by atoms with Crippen LogP contribution in [-0.2, 0) is 6.54 Å². The third kappa shape index (κ3) is 4.45. The van der Waals surface area contributed by atoms with Gasteiger partial charge in [-0.05, 0) is 29.8 Å². The minimum atomic E-state index is 0.368. The third-order valence-electron chi connectivity index (χ3n) is 4.72. The fourth-order valence-electron chi connectivity index (χ4n) is 3.15. The van der Waals surface area contributed by atoms with Crippen LogP contribution in [0.2, 0.25) is 10.0 Å². The van der Waals surface area contributed by atoms with E-state index in [9.17, 15) is 0 Å². The van der Waals surface area contributed by atoms with Crippen molar-refractivity contribution in [1.82, 2.24) is 10.2 Å². The molecule has 0 saturated heterocycles. The Morgan fingerprint density at radius 3 is 2.16 bits per heavy atom. The van der Waals surface area contributed by atoms with Crippen LogP contribution >= 0.6 is 23.2 Å². The number of rotatable bonds is 7. The Bertz CT molecular complexity index is 1210. The van der Waals surface area contributed by atoms with Crippen molar-refractivity contribution in [1.29, 1.82) is 0 Å². The van der Waals surface area contributed by atoms with Gasteiger partial charge in [0.1, 0.15) is 11.5 Å². The smallest absolute Gasteiger partial charge is 0.249 e. The second-order valence-corrected chi connectivity index (χ2v) is 7.40. The predicted molar refractivity (Wildman–Crippen MR) is 122 cm³/mol. The van der Waals surface area contributed by atoms with Gasteiger partial charge in [0.2, 0.25) is 11.8 Å². The Hall–Kier alpha value is -3.22. The normalized spacial score (nSPS) is 10.7. The number of hydrogen-bond acceptors (Lipinski definition) is 6. The zero-order chi connectivity index (χ0) is 21.8. The molecule has 1 aromatic heterocycles. The molecule has 0 spiro atoms. The van der Waals surface area contributed by atoms with Crippen LogP contribution in [0.5, 0.6) is 11.5 Å². The van der Waals surface area contributed by atoms with Crippen molar-refractivity contribution in [3.63, 3.8) is 0 Å². The van der Waals surface area contributed by atoms with Gasteiger partial charge in [-0.2, -0.15) is 0 Å². The summed E-state index contributed by atoms with van der Waals surface area (Å²) in [7, 11) is 3.15. The molecule has 4 aromatic rings. The summed E-state index contributed by atoms with van der Waals surface area (Å²) in [5.41, 5.74) is 3.21. The van der Waals surface area contributed by atoms with Crippen LogP contribution in [0.15, 0.2) is 65.1 Å². The number of halogens is 2. The van der Waals surface area contributed by atoms with E-state index < -0.39 is 0 Å². The molecule has 0 saturated carbocycles. The van der Waals surface area contributed by atoms with Crippen molar-refractivity contribution < 1.29 is 13.9 Å². The lowest BCUT2D eigenvalue weighted by molar-refractivity contribution is 0.395. The number of benzene rings is 3. The van der Waals surface area contributed by atoms with Crippen LogP contribution in [-0.4, -0.2) is 24.4 Å². The van der Waals surface area contributed by atoms with Crippen LogP contribution in [0.1, 0.15) is 5.56 Å². The highest BCUT2D eigenvalue weighted by Crippen LogP contribution is 2.36. The van der Waals surface area contributed by atoms with E-state index in [4.69, 9.17) is 37.1 Å². The Labute approximate surface area is 189 Å². The first kappa shape index (κ1) is 21.0. The molecule has 4 rings (SSSR count). The average molecular weight is 456 g/mol. The van der Waals surface area contributed by atoms with Gasteiger partial charge in [-0.3, -0.25) is 0 Å². The summed E-state index contributed by atoms with van der Waals surface area (Å²) in [6, 6.07) is 18.6. The SMILES string of the molecule is COc1cc(OC)c(NCc2ccccc2-c2nnc(-c3ccccc3Cl)o2)cc1Cl. The van der Waals surface area contributed by atoms with Crippen molar-refractivity contribution in [2.24, 2.45) is 0 Å². The van der Waals surface area contributed by atoms with E-state index in [0.29, 0.717) is 45.4 Å². The first-order valence-corrected chi connectivity index (χ1v) is 10.2. The fraction of sp³-hybridized carbons (Fsp3) is 0.130. The Kier molecular flexibility index (Phi) is 6.30. The molecular weight excluding hydrogens is 437 g/mol. The van der Waals surface area contributed by atoms with Crippen molar-refractivity contribution >= 4 is 28.9 Å². The van der Waals surface area contributed by atoms with E-state index in [2.05, 4.69) is 15.5 Å². The number of aromatic nitrogens is 2. The second-order valence-electron chi connectivity index (χ2n) is 6.59. The zero-order valence-corrected chi connectivity index (χ0v) is 18.4. The number of nitrogens with one attached hydrogen (secondary N) is 1. The monoisotopic (exact) mass is 455 g/mol. The summed E-state index contributed by atoms with van der Waals surface area (Å²) in [5, 5.41) is 12.8. The van der Waals surface area contributed by atoms with Gasteiger partial charge in [0.25, 0.3) is 0 Å². The molecule has 31 heavy (non-hydrogen) atoms. The predicted octanol–water partition coefficient (Wildman–Crippen LogP) is 6.34. The van der Waals surface area contributed by atoms with Gasteiger partial charge in [0.05, 0.1) is 35.5 Å². The van der Waals surface area contributed by atoms with Crippen LogP contribution in [0, 0.1) is 0 Å². The van der Waals surface area contributed by atoms with E-state index in [1.807, 2.05) is 42.5 Å². The van der Waals surface area contributed by atoms with Gasteiger partial charge in [0, 0.05) is 18.2 Å². The van der Waals surface area contributed by atoms with E-state index in [1.54, 1.807) is 32.4 Å². The van der Waals surface area contributed by atoms with E-state index in [0.717, 1.165) is 16.8 Å². The maximum atomic E-state index is 6.28. The molecule has 0 aliphatic heterocycles. The molecule has 0 unspecified atom stereocenters. The van der Waals surface area contributed by atoms with Gasteiger partial charge in [-0.15, -0.1) is 10.2 Å². The summed E-state index contributed by atoms with van der Waals surface area (Å²) in [6.07, 6.45) is 0. The molecule has 0 amide bonds. The largest absolute Gasteiger partial charge is 0.495 e. The van der Waals surface area contributed by atoms with Crippen molar-refractivity contribution in [3.8, 4) is 34.4 Å². The first-order chi connectivity index (χ1) is 15.1. The first-order valence-electron chi connectivity index (χ1n) is 9.42. The topological polar surface area (TPSA) is 69.4 Å². The minimum Gasteiger partial charge on any atom is -0.495 e. The molecule has 158 valence electrons. The van der Waals surface area contributed by atoms with Crippen LogP contribution in [0.4, 0.5) is 5.69 Å². The molecule has 1 heterocycles. The number of methoxy groups -OCH3 is 2. The Morgan fingerprint density at radius 1 is 0.806 bits per heavy atom. The van der Waals surface area contributed by atoms with Gasteiger partial charge in [0.15, 0.2) is 0 Å². The van der Waals surface area contributed by atoms with Crippen LogP contribution in [0.25, 0.3) is 22.9 Å². The van der Waals surface area contributed by atoms with Gasteiger partial charge < -0.3 is 19.2 Å². The fourth-order valence-corrected chi connectivity index (χ4v) is 3.60. The third-order valence-corrected chi connectivity index (χ3v) is 5.35. The number of nitrogens with zero attached hydrogens (tertiary/aromatic N) is 2. The minimum absolute atomic E-state index is 0.368. The molecule has 6 nitrogen and oxygen atoms in total. The van der Waals surface area contributed by atoms with Gasteiger partial charge >= 0.3 is 0 Å². The standard InChI is InChI=1S/C23H19Cl2N3O3/c1-29-20-12-21(30-2)19(11-18(20)25)26-13-14-7-3-4-8-15(14)22-27-28-23(31-22)16-9-5-6-10-17(16)24/h3-12,26H,13H2,1-2H3. The highest BCUT2D eigenvalue weighted by Gasteiger charge is 2.16. The van der Waals surface area contributed by atoms with Crippen LogP contribution in [0.3, 0.4) is 0 Å². The van der Waals surface area contributed by atoms with E-state index in [-0.39, 0.29) is 0 Å². The lowest BCUT2D eigenvalue weighted by atomic mass is 10.1. The Balaban J connectivity index is 1.61. The highest BCUT2D eigenvalue weighted by molar-refractivity contribution is 6.33. The quantitative estimate of drug-likeness (QED) is 0.350. The molecule has 8 heteroatoms. The lowest BCUT2D eigenvalue weighted by Gasteiger charge is -2.15.